The molecule has 78 valence electrons. The molecular formula is C11H23NO. The molecule has 1 N–H and O–H groups in total. The van der Waals surface area contributed by atoms with E-state index in [2.05, 4.69) is 19.2 Å². The van der Waals surface area contributed by atoms with Gasteiger partial charge >= 0.3 is 0 Å². The minimum Gasteiger partial charge on any atom is -0.378 e. The molecule has 0 saturated carbocycles. The summed E-state index contributed by atoms with van der Waals surface area (Å²) in [5.41, 5.74) is 0. The molecule has 1 heterocycles. The van der Waals surface area contributed by atoms with Crippen LogP contribution in [0.15, 0.2) is 0 Å². The summed E-state index contributed by atoms with van der Waals surface area (Å²) in [7, 11) is 0. The highest BCUT2D eigenvalue weighted by molar-refractivity contribution is 4.64. The molecule has 2 nitrogen and oxygen atoms in total. The maximum atomic E-state index is 5.66. The van der Waals surface area contributed by atoms with Gasteiger partial charge in [-0.3, -0.25) is 0 Å². The molecule has 0 amide bonds. The van der Waals surface area contributed by atoms with Gasteiger partial charge in [-0.05, 0) is 38.6 Å². The molecule has 1 atom stereocenters. The second kappa shape index (κ2) is 6.39. The van der Waals surface area contributed by atoms with Gasteiger partial charge in [0, 0.05) is 12.6 Å². The van der Waals surface area contributed by atoms with Crippen molar-refractivity contribution in [2.45, 2.75) is 58.1 Å². The molecule has 1 unspecified atom stereocenters. The van der Waals surface area contributed by atoms with E-state index in [4.69, 9.17) is 4.74 Å². The van der Waals surface area contributed by atoms with E-state index >= 15 is 0 Å². The van der Waals surface area contributed by atoms with Crippen molar-refractivity contribution >= 4 is 0 Å². The predicted molar refractivity (Wildman–Crippen MR) is 56.0 cm³/mol. The zero-order chi connectivity index (χ0) is 9.52. The number of hydrogen-bond donors (Lipinski definition) is 1. The molecule has 1 aliphatic heterocycles. The van der Waals surface area contributed by atoms with Gasteiger partial charge in [-0.15, -0.1) is 0 Å². The van der Waals surface area contributed by atoms with Gasteiger partial charge in [0.05, 0.1) is 6.10 Å². The smallest absolute Gasteiger partial charge is 0.0575 e. The third-order valence-corrected chi connectivity index (χ3v) is 2.53. The zero-order valence-electron chi connectivity index (χ0n) is 9.01. The van der Waals surface area contributed by atoms with Gasteiger partial charge in [0.2, 0.25) is 0 Å². The summed E-state index contributed by atoms with van der Waals surface area (Å²) in [4.78, 5) is 0. The topological polar surface area (TPSA) is 21.3 Å². The summed E-state index contributed by atoms with van der Waals surface area (Å²) >= 11 is 0. The van der Waals surface area contributed by atoms with E-state index in [1.807, 2.05) is 0 Å². The molecule has 0 radical (unpaired) electrons. The van der Waals surface area contributed by atoms with Gasteiger partial charge in [0.15, 0.2) is 0 Å². The number of hydrogen-bond acceptors (Lipinski definition) is 2. The molecule has 1 rings (SSSR count). The number of ether oxygens (including phenoxy) is 1. The van der Waals surface area contributed by atoms with Crippen LogP contribution in [-0.4, -0.2) is 25.3 Å². The van der Waals surface area contributed by atoms with E-state index in [0.29, 0.717) is 12.1 Å². The van der Waals surface area contributed by atoms with Crippen molar-refractivity contribution < 1.29 is 4.74 Å². The summed E-state index contributed by atoms with van der Waals surface area (Å²) in [6.07, 6.45) is 6.95. The highest BCUT2D eigenvalue weighted by atomic mass is 16.5. The summed E-state index contributed by atoms with van der Waals surface area (Å²) in [6, 6.07) is 0.618. The average Bonchev–Trinajstić information content (AvgIpc) is 2.14. The van der Waals surface area contributed by atoms with Crippen LogP contribution in [0.4, 0.5) is 0 Å². The first-order chi connectivity index (χ1) is 6.29. The summed E-state index contributed by atoms with van der Waals surface area (Å²) < 4.78 is 5.66. The Morgan fingerprint density at radius 3 is 2.85 bits per heavy atom. The fraction of sp³-hybridized carbons (Fsp3) is 1.00. The van der Waals surface area contributed by atoms with Crippen LogP contribution in [0.1, 0.15) is 46.0 Å². The number of nitrogens with one attached hydrogen (secondary N) is 1. The minimum atomic E-state index is 0.558. The Bertz CT molecular complexity index is 119. The fourth-order valence-electron chi connectivity index (χ4n) is 1.76. The standard InChI is InChI=1S/C11H23NO/c1-10(2)12-8-5-7-11-6-3-4-9-13-11/h10-12H,3-9H2,1-2H3. The molecule has 1 aliphatic rings. The molecule has 1 fully saturated rings. The summed E-state index contributed by atoms with van der Waals surface area (Å²) in [5, 5.41) is 3.43. The van der Waals surface area contributed by atoms with Crippen LogP contribution in [0.2, 0.25) is 0 Å². The van der Waals surface area contributed by atoms with Gasteiger partial charge < -0.3 is 10.1 Å². The Morgan fingerprint density at radius 2 is 2.23 bits per heavy atom. The Balaban J connectivity index is 1.92. The van der Waals surface area contributed by atoms with E-state index in [-0.39, 0.29) is 0 Å². The first kappa shape index (κ1) is 11.0. The van der Waals surface area contributed by atoms with Crippen molar-refractivity contribution in [2.75, 3.05) is 13.2 Å². The van der Waals surface area contributed by atoms with Crippen LogP contribution in [0.25, 0.3) is 0 Å². The molecular weight excluding hydrogens is 162 g/mol. The Labute approximate surface area is 82.0 Å². The Kier molecular flexibility index (Phi) is 5.40. The van der Waals surface area contributed by atoms with Crippen LogP contribution in [0.5, 0.6) is 0 Å². The van der Waals surface area contributed by atoms with Gasteiger partial charge in [-0.2, -0.15) is 0 Å². The van der Waals surface area contributed by atoms with Crippen molar-refractivity contribution in [3.05, 3.63) is 0 Å². The molecule has 0 aromatic carbocycles. The third kappa shape index (κ3) is 5.27. The molecule has 13 heavy (non-hydrogen) atoms. The fourth-order valence-corrected chi connectivity index (χ4v) is 1.76. The second-order valence-corrected chi connectivity index (χ2v) is 4.24. The van der Waals surface area contributed by atoms with Crippen molar-refractivity contribution in [2.24, 2.45) is 0 Å². The molecule has 0 bridgehead atoms. The van der Waals surface area contributed by atoms with Crippen molar-refractivity contribution in [3.8, 4) is 0 Å². The summed E-state index contributed by atoms with van der Waals surface area (Å²) in [6.45, 7) is 6.51. The van der Waals surface area contributed by atoms with Crippen LogP contribution in [0.3, 0.4) is 0 Å². The quantitative estimate of drug-likeness (QED) is 0.664. The highest BCUT2D eigenvalue weighted by Crippen LogP contribution is 2.16. The van der Waals surface area contributed by atoms with E-state index in [1.165, 1.54) is 32.1 Å². The van der Waals surface area contributed by atoms with Gasteiger partial charge in [-0.1, -0.05) is 13.8 Å². The van der Waals surface area contributed by atoms with Crippen molar-refractivity contribution in [1.82, 2.24) is 5.32 Å². The molecule has 0 aliphatic carbocycles. The van der Waals surface area contributed by atoms with E-state index in [1.54, 1.807) is 0 Å². The van der Waals surface area contributed by atoms with Gasteiger partial charge in [-0.25, -0.2) is 0 Å². The third-order valence-electron chi connectivity index (χ3n) is 2.53. The van der Waals surface area contributed by atoms with Crippen LogP contribution >= 0.6 is 0 Å². The molecule has 0 spiro atoms. The zero-order valence-corrected chi connectivity index (χ0v) is 9.01. The van der Waals surface area contributed by atoms with E-state index in [0.717, 1.165) is 13.2 Å². The van der Waals surface area contributed by atoms with Crippen LogP contribution < -0.4 is 5.32 Å². The van der Waals surface area contributed by atoms with Crippen LogP contribution in [-0.2, 0) is 4.74 Å². The largest absolute Gasteiger partial charge is 0.378 e. The first-order valence-corrected chi connectivity index (χ1v) is 5.64. The molecule has 2 heteroatoms. The van der Waals surface area contributed by atoms with Gasteiger partial charge in [0.25, 0.3) is 0 Å². The average molecular weight is 185 g/mol. The lowest BCUT2D eigenvalue weighted by atomic mass is 10.0. The number of rotatable bonds is 5. The SMILES string of the molecule is CC(C)NCCCC1CCCCO1. The van der Waals surface area contributed by atoms with Crippen LogP contribution in [0, 0.1) is 0 Å². The maximum Gasteiger partial charge on any atom is 0.0575 e. The lowest BCUT2D eigenvalue weighted by molar-refractivity contribution is 0.0101. The van der Waals surface area contributed by atoms with Crippen molar-refractivity contribution in [1.29, 1.82) is 0 Å². The van der Waals surface area contributed by atoms with Gasteiger partial charge in [0.1, 0.15) is 0 Å². The normalized spacial score (nSPS) is 23.8. The molecule has 0 aromatic rings. The lowest BCUT2D eigenvalue weighted by Gasteiger charge is -2.22. The Morgan fingerprint density at radius 1 is 1.38 bits per heavy atom. The Hall–Kier alpha value is -0.0800. The summed E-state index contributed by atoms with van der Waals surface area (Å²) in [5.74, 6) is 0. The highest BCUT2D eigenvalue weighted by Gasteiger charge is 2.12. The predicted octanol–water partition coefficient (Wildman–Crippen LogP) is 2.33. The first-order valence-electron chi connectivity index (χ1n) is 5.64. The monoisotopic (exact) mass is 185 g/mol. The molecule has 0 aromatic heterocycles. The van der Waals surface area contributed by atoms with E-state index < -0.39 is 0 Å². The maximum absolute atomic E-state index is 5.66. The minimum absolute atomic E-state index is 0.558. The second-order valence-electron chi connectivity index (χ2n) is 4.24. The van der Waals surface area contributed by atoms with Crippen molar-refractivity contribution in [3.63, 3.8) is 0 Å². The molecule has 1 saturated heterocycles. The lowest BCUT2D eigenvalue weighted by Crippen LogP contribution is -2.26. The van der Waals surface area contributed by atoms with E-state index in [9.17, 15) is 0 Å².